The molecule has 11 heteroatoms. The van der Waals surface area contributed by atoms with E-state index < -0.39 is 46.2 Å². The summed E-state index contributed by atoms with van der Waals surface area (Å²) in [5, 5.41) is 2.74. The van der Waals surface area contributed by atoms with Crippen LogP contribution in [0.4, 0.5) is 18.9 Å². The summed E-state index contributed by atoms with van der Waals surface area (Å²) >= 11 is 0. The summed E-state index contributed by atoms with van der Waals surface area (Å²) in [4.78, 5) is 27.8. The number of carbonyl (C=O) groups is 2. The lowest BCUT2D eigenvalue weighted by Gasteiger charge is -2.32. The standard InChI is InChI=1S/C30H34F3N3O4S/c1-5-17-34-29(38)23(4)35(19-24-13-9-21(2)10-14-24)28(37)20-36(26-8-6-7-25(18-26)30(31,32)33)41(39,40)27-15-11-22(3)12-16-27/h6-16,18,23H,5,17,19-20H2,1-4H3,(H,34,38)/t23-/m1/s1. The van der Waals surface area contributed by atoms with Gasteiger partial charge in [-0.25, -0.2) is 8.42 Å². The van der Waals surface area contributed by atoms with E-state index in [-0.39, 0.29) is 17.1 Å². The number of anilines is 1. The van der Waals surface area contributed by atoms with Gasteiger partial charge in [-0.1, -0.05) is 60.5 Å². The Bertz CT molecular complexity index is 1460. The van der Waals surface area contributed by atoms with Crippen LogP contribution in [0.25, 0.3) is 0 Å². The molecular weight excluding hydrogens is 555 g/mol. The molecule has 3 aromatic carbocycles. The SMILES string of the molecule is CCCNC(=O)[C@@H](C)N(Cc1ccc(C)cc1)C(=O)CN(c1cccc(C(F)(F)F)c1)S(=O)(=O)c1ccc(C)cc1. The van der Waals surface area contributed by atoms with Crippen LogP contribution in [0.2, 0.25) is 0 Å². The maximum Gasteiger partial charge on any atom is 0.416 e. The molecule has 0 aromatic heterocycles. The monoisotopic (exact) mass is 589 g/mol. The number of aryl methyl sites for hydroxylation is 2. The van der Waals surface area contributed by atoms with Gasteiger partial charge in [0.2, 0.25) is 11.8 Å². The molecule has 2 amide bonds. The van der Waals surface area contributed by atoms with Crippen LogP contribution >= 0.6 is 0 Å². The highest BCUT2D eigenvalue weighted by molar-refractivity contribution is 7.92. The molecule has 0 aliphatic carbocycles. The summed E-state index contributed by atoms with van der Waals surface area (Å²) in [5.74, 6) is -1.18. The van der Waals surface area contributed by atoms with Crippen molar-refractivity contribution in [2.75, 3.05) is 17.4 Å². The van der Waals surface area contributed by atoms with Crippen molar-refractivity contribution in [2.24, 2.45) is 0 Å². The quantitative estimate of drug-likeness (QED) is 0.322. The molecule has 0 saturated carbocycles. The predicted octanol–water partition coefficient (Wildman–Crippen LogP) is 5.46. The smallest absolute Gasteiger partial charge is 0.354 e. The van der Waals surface area contributed by atoms with Crippen molar-refractivity contribution in [3.63, 3.8) is 0 Å². The van der Waals surface area contributed by atoms with Crippen molar-refractivity contribution < 1.29 is 31.2 Å². The van der Waals surface area contributed by atoms with Crippen LogP contribution < -0.4 is 9.62 Å². The summed E-state index contributed by atoms with van der Waals surface area (Å²) in [6.07, 6.45) is -4.06. The Kier molecular flexibility index (Phi) is 10.2. The lowest BCUT2D eigenvalue weighted by Crippen LogP contribution is -2.51. The maximum absolute atomic E-state index is 13.8. The van der Waals surface area contributed by atoms with Crippen LogP contribution in [0.15, 0.2) is 77.7 Å². The van der Waals surface area contributed by atoms with Crippen molar-refractivity contribution >= 4 is 27.5 Å². The molecule has 0 saturated heterocycles. The van der Waals surface area contributed by atoms with Gasteiger partial charge >= 0.3 is 6.18 Å². The lowest BCUT2D eigenvalue weighted by atomic mass is 10.1. The van der Waals surface area contributed by atoms with Gasteiger partial charge in [-0.3, -0.25) is 13.9 Å². The normalized spacial score (nSPS) is 12.5. The number of halogens is 3. The number of rotatable bonds is 11. The molecular formula is C30H34F3N3O4S. The molecule has 0 spiro atoms. The van der Waals surface area contributed by atoms with Gasteiger partial charge in [0.1, 0.15) is 12.6 Å². The number of amides is 2. The fourth-order valence-electron chi connectivity index (χ4n) is 4.07. The Morgan fingerprint density at radius 1 is 0.927 bits per heavy atom. The summed E-state index contributed by atoms with van der Waals surface area (Å²) in [5.41, 5.74) is 1.08. The molecule has 0 fully saturated rings. The van der Waals surface area contributed by atoms with Crippen LogP contribution in [-0.2, 0) is 32.3 Å². The van der Waals surface area contributed by atoms with E-state index in [0.717, 1.165) is 23.3 Å². The minimum Gasteiger partial charge on any atom is -0.354 e. The Balaban J connectivity index is 2.07. The molecule has 0 aliphatic rings. The van der Waals surface area contributed by atoms with E-state index in [0.29, 0.717) is 28.9 Å². The van der Waals surface area contributed by atoms with E-state index >= 15 is 0 Å². The molecule has 1 atom stereocenters. The molecule has 3 aromatic rings. The van der Waals surface area contributed by atoms with Gasteiger partial charge in [0, 0.05) is 13.1 Å². The van der Waals surface area contributed by atoms with E-state index in [9.17, 15) is 31.2 Å². The van der Waals surface area contributed by atoms with E-state index in [1.807, 2.05) is 26.0 Å². The first kappa shape index (κ1) is 31.7. The number of benzene rings is 3. The van der Waals surface area contributed by atoms with Gasteiger partial charge in [0.25, 0.3) is 10.0 Å². The Morgan fingerprint density at radius 2 is 1.51 bits per heavy atom. The molecule has 0 heterocycles. The molecule has 7 nitrogen and oxygen atoms in total. The van der Waals surface area contributed by atoms with Crippen molar-refractivity contribution in [2.45, 2.75) is 57.8 Å². The molecule has 0 bridgehead atoms. The Morgan fingerprint density at radius 3 is 2.07 bits per heavy atom. The van der Waals surface area contributed by atoms with Gasteiger partial charge in [-0.05, 0) is 63.1 Å². The summed E-state index contributed by atoms with van der Waals surface area (Å²) in [6, 6.07) is 15.9. The first-order valence-corrected chi connectivity index (χ1v) is 14.6. The zero-order valence-electron chi connectivity index (χ0n) is 23.4. The minimum absolute atomic E-state index is 0.0131. The minimum atomic E-state index is -4.73. The van der Waals surface area contributed by atoms with Crippen LogP contribution in [0.5, 0.6) is 0 Å². The van der Waals surface area contributed by atoms with Gasteiger partial charge in [0.15, 0.2) is 0 Å². The first-order valence-electron chi connectivity index (χ1n) is 13.1. The zero-order chi connectivity index (χ0) is 30.4. The third-order valence-electron chi connectivity index (χ3n) is 6.54. The van der Waals surface area contributed by atoms with E-state index in [1.165, 1.54) is 30.0 Å². The lowest BCUT2D eigenvalue weighted by molar-refractivity contribution is -0.139. The topological polar surface area (TPSA) is 86.8 Å². The van der Waals surface area contributed by atoms with Gasteiger partial charge in [0.05, 0.1) is 16.1 Å². The number of hydrogen-bond acceptors (Lipinski definition) is 4. The molecule has 0 radical (unpaired) electrons. The Labute approximate surface area is 239 Å². The van der Waals surface area contributed by atoms with Gasteiger partial charge in [-0.15, -0.1) is 0 Å². The molecule has 0 unspecified atom stereocenters. The van der Waals surface area contributed by atoms with E-state index in [2.05, 4.69) is 5.32 Å². The third-order valence-corrected chi connectivity index (χ3v) is 8.33. The number of carbonyl (C=O) groups excluding carboxylic acids is 2. The van der Waals surface area contributed by atoms with Crippen LogP contribution in [0, 0.1) is 13.8 Å². The summed E-state index contributed by atoms with van der Waals surface area (Å²) in [6.45, 7) is 6.61. The maximum atomic E-state index is 13.8. The molecule has 0 aliphatic heterocycles. The molecule has 3 rings (SSSR count). The average molecular weight is 590 g/mol. The second kappa shape index (κ2) is 13.2. The number of nitrogens with zero attached hydrogens (tertiary/aromatic N) is 2. The van der Waals surface area contributed by atoms with E-state index in [4.69, 9.17) is 0 Å². The molecule has 1 N–H and O–H groups in total. The van der Waals surface area contributed by atoms with Crippen molar-refractivity contribution in [1.29, 1.82) is 0 Å². The van der Waals surface area contributed by atoms with Gasteiger partial charge in [-0.2, -0.15) is 13.2 Å². The number of nitrogens with one attached hydrogen (secondary N) is 1. The highest BCUT2D eigenvalue weighted by atomic mass is 32.2. The first-order chi connectivity index (χ1) is 19.2. The number of hydrogen-bond donors (Lipinski definition) is 1. The van der Waals surface area contributed by atoms with Crippen molar-refractivity contribution in [1.82, 2.24) is 10.2 Å². The largest absolute Gasteiger partial charge is 0.416 e. The van der Waals surface area contributed by atoms with Crippen molar-refractivity contribution in [3.8, 4) is 0 Å². The van der Waals surface area contributed by atoms with Crippen LogP contribution in [0.3, 0.4) is 0 Å². The predicted molar refractivity (Wildman–Crippen MR) is 152 cm³/mol. The number of sulfonamides is 1. The average Bonchev–Trinajstić information content (AvgIpc) is 2.93. The summed E-state index contributed by atoms with van der Waals surface area (Å²) < 4.78 is 69.0. The highest BCUT2D eigenvalue weighted by Crippen LogP contribution is 2.33. The van der Waals surface area contributed by atoms with Crippen LogP contribution in [-0.4, -0.2) is 44.3 Å². The summed E-state index contributed by atoms with van der Waals surface area (Å²) in [7, 11) is -4.48. The highest BCUT2D eigenvalue weighted by Gasteiger charge is 2.35. The second-order valence-electron chi connectivity index (χ2n) is 9.85. The fraction of sp³-hybridized carbons (Fsp3) is 0.333. The van der Waals surface area contributed by atoms with Crippen LogP contribution in [0.1, 0.15) is 42.5 Å². The van der Waals surface area contributed by atoms with E-state index in [1.54, 1.807) is 31.2 Å². The van der Waals surface area contributed by atoms with Gasteiger partial charge < -0.3 is 10.2 Å². The Hall–Kier alpha value is -3.86. The van der Waals surface area contributed by atoms with Crippen molar-refractivity contribution in [3.05, 3.63) is 95.1 Å². The third kappa shape index (κ3) is 8.09. The fourth-order valence-corrected chi connectivity index (χ4v) is 5.48. The molecule has 220 valence electrons. The number of alkyl halides is 3. The second-order valence-corrected chi connectivity index (χ2v) is 11.7. The molecule has 41 heavy (non-hydrogen) atoms. The zero-order valence-corrected chi connectivity index (χ0v) is 24.2.